The summed E-state index contributed by atoms with van der Waals surface area (Å²) in [5.41, 5.74) is -1.34. The molecule has 4 rings (SSSR count). The molecule has 0 fully saturated rings. The molecule has 0 amide bonds. The molecule has 0 saturated carbocycles. The molecule has 14 heteroatoms. The van der Waals surface area contributed by atoms with Crippen LogP contribution in [0.1, 0.15) is 73.9 Å². The van der Waals surface area contributed by atoms with E-state index in [1.54, 1.807) is 76.2 Å². The second kappa shape index (κ2) is 21.8. The first-order valence-electron chi connectivity index (χ1n) is 19.5. The van der Waals surface area contributed by atoms with Gasteiger partial charge in [-0.15, -0.1) is 0 Å². The summed E-state index contributed by atoms with van der Waals surface area (Å²) < 4.78 is 114. The molecule has 0 radical (unpaired) electrons. The molecule has 8 nitrogen and oxygen atoms in total. The molecular formula is C45H50F6O8. The van der Waals surface area contributed by atoms with Crippen molar-refractivity contribution in [2.24, 2.45) is 0 Å². The minimum Gasteiger partial charge on any atom is -0.494 e. The molecule has 320 valence electrons. The van der Waals surface area contributed by atoms with Crippen molar-refractivity contribution in [1.29, 1.82) is 0 Å². The maximum atomic E-state index is 14.4. The van der Waals surface area contributed by atoms with Crippen LogP contribution in [-0.2, 0) is 61.8 Å². The second-order valence-electron chi connectivity index (χ2n) is 14.1. The zero-order valence-electron chi connectivity index (χ0n) is 33.5. The molecule has 2 atom stereocenters. The first-order chi connectivity index (χ1) is 28.0. The Bertz CT molecular complexity index is 1940. The quantitative estimate of drug-likeness (QED) is 0.0475. The van der Waals surface area contributed by atoms with Gasteiger partial charge in [-0.1, -0.05) is 48.5 Å². The summed E-state index contributed by atoms with van der Waals surface area (Å²) in [7, 11) is 0. The van der Waals surface area contributed by atoms with Crippen LogP contribution in [0.3, 0.4) is 0 Å². The lowest BCUT2D eigenvalue weighted by molar-refractivity contribution is -0.160. The maximum absolute atomic E-state index is 14.4. The number of esters is 1. The van der Waals surface area contributed by atoms with E-state index < -0.39 is 58.8 Å². The van der Waals surface area contributed by atoms with Gasteiger partial charge in [-0.25, -0.2) is 9.59 Å². The Hall–Kier alpha value is -5.08. The predicted molar refractivity (Wildman–Crippen MR) is 209 cm³/mol. The van der Waals surface area contributed by atoms with Gasteiger partial charge < -0.3 is 28.8 Å². The van der Waals surface area contributed by atoms with Gasteiger partial charge in [0.05, 0.1) is 30.4 Å². The molecule has 0 aliphatic heterocycles. The number of aryl methyl sites for hydroxylation is 2. The van der Waals surface area contributed by atoms with Crippen LogP contribution in [0, 0.1) is 0 Å². The highest BCUT2D eigenvalue weighted by atomic mass is 19.4. The number of halogens is 6. The van der Waals surface area contributed by atoms with Gasteiger partial charge in [-0.2, -0.15) is 26.3 Å². The van der Waals surface area contributed by atoms with Crippen LogP contribution in [0.5, 0.6) is 11.5 Å². The van der Waals surface area contributed by atoms with Gasteiger partial charge in [0.15, 0.2) is 12.2 Å². The van der Waals surface area contributed by atoms with Crippen LogP contribution in [0.25, 0.3) is 11.1 Å². The normalized spacial score (nSPS) is 12.9. The average molecular weight is 833 g/mol. The lowest BCUT2D eigenvalue weighted by Gasteiger charge is -2.19. The summed E-state index contributed by atoms with van der Waals surface area (Å²) in [6, 6.07) is 20.5. The molecule has 0 aliphatic rings. The molecule has 1 N–H and O–H groups in total. The summed E-state index contributed by atoms with van der Waals surface area (Å²) in [6.45, 7) is 7.91. The van der Waals surface area contributed by atoms with Crippen LogP contribution >= 0.6 is 0 Å². The number of carboxylic acids is 1. The van der Waals surface area contributed by atoms with Crippen molar-refractivity contribution in [3.63, 3.8) is 0 Å². The molecule has 0 unspecified atom stereocenters. The van der Waals surface area contributed by atoms with E-state index in [0.29, 0.717) is 42.9 Å². The highest BCUT2D eigenvalue weighted by Crippen LogP contribution is 2.43. The SMILES string of the molecule is CCO[C@@H](Cc1ccc(OCCCc2ccc(-c3ccc(CCCOc4ccc(C[C@H](OCC)C(=O)OC(C)C)cc4)cc3C(F)(F)F)c(C(F)(F)F)c2)cc1)C(=O)O. The Morgan fingerprint density at radius 1 is 0.593 bits per heavy atom. The summed E-state index contributed by atoms with van der Waals surface area (Å²) in [4.78, 5) is 23.7. The molecule has 0 heterocycles. The molecule has 0 aliphatic carbocycles. The molecular weight excluding hydrogens is 782 g/mol. The van der Waals surface area contributed by atoms with Gasteiger partial charge in [-0.3, -0.25) is 0 Å². The zero-order valence-corrected chi connectivity index (χ0v) is 33.5. The van der Waals surface area contributed by atoms with Crippen molar-refractivity contribution in [2.75, 3.05) is 26.4 Å². The van der Waals surface area contributed by atoms with E-state index in [1.165, 1.54) is 12.1 Å². The van der Waals surface area contributed by atoms with E-state index in [9.17, 15) is 41.0 Å². The zero-order chi connectivity index (χ0) is 43.2. The van der Waals surface area contributed by atoms with E-state index >= 15 is 0 Å². The standard InChI is InChI=1S/C45H50F6O8/c1-5-55-40(42(52)53)27-32-11-17-34(18-12-32)57-23-7-9-30-15-21-36(38(25-30)44(46,47)48)37-22-16-31(26-39(37)45(49,50)51)10-8-24-58-35-19-13-33(14-20-35)28-41(56-6-2)43(54)59-29(3)4/h11-22,25-26,29,40-41H,5-10,23-24,27-28H2,1-4H3,(H,52,53)/t40-,41-/m0/s1. The van der Waals surface area contributed by atoms with Crippen LogP contribution in [0.2, 0.25) is 0 Å². The first-order valence-corrected chi connectivity index (χ1v) is 19.5. The highest BCUT2D eigenvalue weighted by molar-refractivity contribution is 5.75. The molecule has 0 saturated heterocycles. The molecule has 4 aromatic rings. The van der Waals surface area contributed by atoms with Gasteiger partial charge in [-0.05, 0) is 123 Å². The van der Waals surface area contributed by atoms with Crippen molar-refractivity contribution in [2.45, 2.75) is 96.9 Å². The molecule has 4 aromatic carbocycles. The van der Waals surface area contributed by atoms with Crippen molar-refractivity contribution in [3.05, 3.63) is 118 Å². The van der Waals surface area contributed by atoms with Crippen molar-refractivity contribution in [3.8, 4) is 22.6 Å². The minimum absolute atomic E-state index is 0.156. The van der Waals surface area contributed by atoms with E-state index in [0.717, 1.165) is 35.4 Å². The number of carbonyl (C=O) groups is 2. The third-order valence-corrected chi connectivity index (χ3v) is 9.14. The van der Waals surface area contributed by atoms with Crippen LogP contribution < -0.4 is 9.47 Å². The van der Waals surface area contributed by atoms with E-state index in [-0.39, 0.29) is 50.8 Å². The number of ether oxygens (including phenoxy) is 5. The summed E-state index contributed by atoms with van der Waals surface area (Å²) in [6.07, 6.45) is -10.4. The smallest absolute Gasteiger partial charge is 0.417 e. The number of hydrogen-bond acceptors (Lipinski definition) is 7. The fraction of sp³-hybridized carbons (Fsp3) is 0.422. The van der Waals surface area contributed by atoms with Crippen molar-refractivity contribution in [1.82, 2.24) is 0 Å². The number of aliphatic carboxylic acids is 1. The Morgan fingerprint density at radius 2 is 0.983 bits per heavy atom. The largest absolute Gasteiger partial charge is 0.494 e. The number of carboxylic acid groups (broad SMARTS) is 1. The Balaban J connectivity index is 1.36. The summed E-state index contributed by atoms with van der Waals surface area (Å²) in [5, 5.41) is 9.29. The number of benzene rings is 4. The summed E-state index contributed by atoms with van der Waals surface area (Å²) in [5.74, 6) is -0.515. The van der Waals surface area contributed by atoms with Gasteiger partial charge >= 0.3 is 24.3 Å². The number of alkyl halides is 6. The van der Waals surface area contributed by atoms with Gasteiger partial charge in [0, 0.05) is 26.1 Å². The number of hydrogen-bond donors (Lipinski definition) is 1. The van der Waals surface area contributed by atoms with E-state index in [4.69, 9.17) is 23.7 Å². The lowest BCUT2D eigenvalue weighted by atomic mass is 9.91. The third kappa shape index (κ3) is 14.6. The monoisotopic (exact) mass is 832 g/mol. The first kappa shape index (κ1) is 46.6. The molecule has 59 heavy (non-hydrogen) atoms. The topological polar surface area (TPSA) is 101 Å². The molecule has 0 spiro atoms. The average Bonchev–Trinajstić information content (AvgIpc) is 3.18. The van der Waals surface area contributed by atoms with Crippen LogP contribution in [0.4, 0.5) is 26.3 Å². The summed E-state index contributed by atoms with van der Waals surface area (Å²) >= 11 is 0. The van der Waals surface area contributed by atoms with Crippen molar-refractivity contribution < 1.29 is 64.7 Å². The van der Waals surface area contributed by atoms with Crippen LogP contribution in [-0.4, -0.2) is 61.8 Å². The second-order valence-corrected chi connectivity index (χ2v) is 14.1. The van der Waals surface area contributed by atoms with E-state index in [2.05, 4.69) is 0 Å². The predicted octanol–water partition coefficient (Wildman–Crippen LogP) is 10.3. The Kier molecular flexibility index (Phi) is 17.2. The van der Waals surface area contributed by atoms with Gasteiger partial charge in [0.1, 0.15) is 11.5 Å². The molecule has 0 aromatic heterocycles. The third-order valence-electron chi connectivity index (χ3n) is 9.14. The maximum Gasteiger partial charge on any atom is 0.417 e. The minimum atomic E-state index is -4.92. The molecule has 0 bridgehead atoms. The van der Waals surface area contributed by atoms with Gasteiger partial charge in [0.25, 0.3) is 0 Å². The Labute approximate surface area is 340 Å². The number of carbonyl (C=O) groups excluding carboxylic acids is 1. The fourth-order valence-electron chi connectivity index (χ4n) is 6.38. The van der Waals surface area contributed by atoms with E-state index in [1.807, 2.05) is 0 Å². The van der Waals surface area contributed by atoms with Crippen LogP contribution in [0.15, 0.2) is 84.9 Å². The highest BCUT2D eigenvalue weighted by Gasteiger charge is 2.38. The lowest BCUT2D eigenvalue weighted by Crippen LogP contribution is -2.30. The van der Waals surface area contributed by atoms with Gasteiger partial charge in [0.2, 0.25) is 0 Å². The fourth-order valence-corrected chi connectivity index (χ4v) is 6.38. The number of rotatable bonds is 22. The Morgan fingerprint density at radius 3 is 1.36 bits per heavy atom. The van der Waals surface area contributed by atoms with Crippen molar-refractivity contribution >= 4 is 11.9 Å².